The second kappa shape index (κ2) is 12.0. The van der Waals surface area contributed by atoms with Crippen LogP contribution in [0.3, 0.4) is 0 Å². The van der Waals surface area contributed by atoms with Crippen molar-refractivity contribution in [3.05, 3.63) is 46.4 Å². The minimum Gasteiger partial charge on any atom is -0.380 e. The Morgan fingerprint density at radius 1 is 1.36 bits per heavy atom. The number of aromatic nitrogens is 2. The van der Waals surface area contributed by atoms with Gasteiger partial charge in [0.1, 0.15) is 41.1 Å². The van der Waals surface area contributed by atoms with Crippen molar-refractivity contribution in [2.24, 2.45) is 0 Å². The molecule has 11 nitrogen and oxygen atoms in total. The molecule has 3 aliphatic rings. The zero-order chi connectivity index (χ0) is 27.4. The lowest BCUT2D eigenvalue weighted by Gasteiger charge is -2.29. The first-order chi connectivity index (χ1) is 19.0. The van der Waals surface area contributed by atoms with Gasteiger partial charge in [0.15, 0.2) is 6.29 Å². The molecule has 0 saturated carbocycles. The molecule has 2 amide bonds. The van der Waals surface area contributed by atoms with Crippen molar-refractivity contribution in [1.29, 1.82) is 5.26 Å². The van der Waals surface area contributed by atoms with Crippen molar-refractivity contribution in [2.45, 2.75) is 48.5 Å². The standard InChI is InChI=1S/C27H28N6O5S/c1-37-23-4-7-32(22(23)15-35)13-18-9-17-3-2-6-33(26(17)30-21(18)14-34)27(36)31-25-10-24(19(11-28)12-29-25)39-20-5-8-38-16-20/h9-10,12,14,20,23H,2-8,13,16H2,1H3,(H,29,31,36)/t20-,23+/m1/s1. The average molecular weight is 549 g/mol. The molecule has 5 rings (SSSR count). The molecule has 0 unspecified atom stereocenters. The quantitative estimate of drug-likeness (QED) is 0.406. The molecule has 2 aromatic rings. The van der Waals surface area contributed by atoms with Gasteiger partial charge in [-0.05, 0) is 43.4 Å². The number of nitrogens with zero attached hydrogens (tertiary/aromatic N) is 5. The zero-order valence-electron chi connectivity index (χ0n) is 21.5. The predicted molar refractivity (Wildman–Crippen MR) is 143 cm³/mol. The first-order valence-electron chi connectivity index (χ1n) is 12.8. The van der Waals surface area contributed by atoms with Gasteiger partial charge in [0, 0.05) is 55.3 Å². The Kier molecular flexibility index (Phi) is 8.24. The fourth-order valence-corrected chi connectivity index (χ4v) is 6.24. The number of aryl methyl sites for hydroxylation is 1. The number of thioether (sulfide) groups is 1. The molecular weight excluding hydrogens is 520 g/mol. The van der Waals surface area contributed by atoms with Gasteiger partial charge in [-0.25, -0.2) is 19.6 Å². The fraction of sp³-hybridized carbons (Fsp3) is 0.444. The number of carbonyl (C=O) groups is 2. The van der Waals surface area contributed by atoms with Gasteiger partial charge in [-0.2, -0.15) is 5.26 Å². The number of rotatable bonds is 7. The number of hydrogen-bond acceptors (Lipinski definition) is 10. The van der Waals surface area contributed by atoms with E-state index in [1.165, 1.54) is 11.1 Å². The van der Waals surface area contributed by atoms with Gasteiger partial charge in [0.2, 0.25) is 0 Å². The Labute approximate surface area is 230 Å². The van der Waals surface area contributed by atoms with Crippen LogP contribution in [0.15, 0.2) is 28.9 Å². The van der Waals surface area contributed by atoms with Crippen LogP contribution in [0.4, 0.5) is 16.4 Å². The van der Waals surface area contributed by atoms with E-state index < -0.39 is 6.03 Å². The monoisotopic (exact) mass is 548 g/mol. The van der Waals surface area contributed by atoms with Crippen molar-refractivity contribution in [3.63, 3.8) is 0 Å². The Hall–Kier alpha value is -3.75. The van der Waals surface area contributed by atoms with Crippen LogP contribution in [0.2, 0.25) is 0 Å². The van der Waals surface area contributed by atoms with Gasteiger partial charge < -0.3 is 14.4 Å². The van der Waals surface area contributed by atoms with Crippen LogP contribution in [0.25, 0.3) is 0 Å². The summed E-state index contributed by atoms with van der Waals surface area (Å²) < 4.78 is 10.8. The fourth-order valence-electron chi connectivity index (χ4n) is 5.10. The van der Waals surface area contributed by atoms with E-state index in [9.17, 15) is 19.6 Å². The third-order valence-corrected chi connectivity index (χ3v) is 8.39. The van der Waals surface area contributed by atoms with E-state index in [0.717, 1.165) is 23.3 Å². The third kappa shape index (κ3) is 5.67. The number of aldehydes is 1. The number of fused-ring (bicyclic) bond motifs is 1. The second-order valence-corrected chi connectivity index (χ2v) is 10.9. The van der Waals surface area contributed by atoms with Gasteiger partial charge in [-0.1, -0.05) is 0 Å². The number of urea groups is 1. The van der Waals surface area contributed by atoms with E-state index in [4.69, 9.17) is 9.47 Å². The number of nitriles is 1. The van der Waals surface area contributed by atoms with E-state index in [0.29, 0.717) is 80.4 Å². The number of nitrogens with one attached hydrogen (secondary N) is 1. The van der Waals surface area contributed by atoms with E-state index in [1.54, 1.807) is 24.9 Å². The topological polar surface area (TPSA) is 138 Å². The maximum Gasteiger partial charge on any atom is 0.328 e. The van der Waals surface area contributed by atoms with E-state index >= 15 is 0 Å². The SMILES string of the molecule is CO[C@H]1CCN(Cc2cc3c(nc2C=O)N(C(=O)Nc2cc(S[C@@H]4CCOC4)c(C#N)cn2)CCC3)C1=C=O. The van der Waals surface area contributed by atoms with Crippen LogP contribution < -0.4 is 10.2 Å². The summed E-state index contributed by atoms with van der Waals surface area (Å²) in [7, 11) is 1.56. The number of carbonyl (C=O) groups excluding carboxylic acids is 3. The normalized spacial score (nSPS) is 20.4. The van der Waals surface area contributed by atoms with Crippen molar-refractivity contribution in [3.8, 4) is 6.07 Å². The molecule has 2 saturated heterocycles. The Bertz CT molecular complexity index is 1370. The van der Waals surface area contributed by atoms with Gasteiger partial charge in [0.05, 0.1) is 12.2 Å². The average Bonchev–Trinajstić information content (AvgIpc) is 3.61. The summed E-state index contributed by atoms with van der Waals surface area (Å²) in [5.74, 6) is 2.73. The molecule has 2 fully saturated rings. The highest BCUT2D eigenvalue weighted by atomic mass is 32.2. The molecule has 0 aromatic carbocycles. The number of ether oxygens (including phenoxy) is 2. The van der Waals surface area contributed by atoms with Gasteiger partial charge in [-0.3, -0.25) is 15.0 Å². The van der Waals surface area contributed by atoms with E-state index in [2.05, 4.69) is 21.4 Å². The van der Waals surface area contributed by atoms with E-state index in [-0.39, 0.29) is 17.0 Å². The number of likely N-dealkylation sites (tertiary alicyclic amines) is 1. The summed E-state index contributed by atoms with van der Waals surface area (Å²) in [5, 5.41) is 12.6. The highest BCUT2D eigenvalue weighted by Gasteiger charge is 2.31. The van der Waals surface area contributed by atoms with Crippen LogP contribution in [0.5, 0.6) is 0 Å². The first-order valence-corrected chi connectivity index (χ1v) is 13.7. The molecule has 12 heteroatoms. The molecule has 39 heavy (non-hydrogen) atoms. The Morgan fingerprint density at radius 3 is 2.95 bits per heavy atom. The molecule has 0 bridgehead atoms. The first kappa shape index (κ1) is 26.8. The molecule has 0 radical (unpaired) electrons. The maximum absolute atomic E-state index is 13.3. The molecule has 2 atom stereocenters. The molecule has 5 heterocycles. The minimum atomic E-state index is -0.418. The zero-order valence-corrected chi connectivity index (χ0v) is 22.3. The summed E-state index contributed by atoms with van der Waals surface area (Å²) in [6.45, 7) is 2.68. The lowest BCUT2D eigenvalue weighted by molar-refractivity contribution is 0.111. The van der Waals surface area contributed by atoms with Gasteiger partial charge in [0.25, 0.3) is 0 Å². The maximum atomic E-state index is 13.3. The summed E-state index contributed by atoms with van der Waals surface area (Å²) >= 11 is 1.55. The highest BCUT2D eigenvalue weighted by Crippen LogP contribution is 2.33. The van der Waals surface area contributed by atoms with Crippen LogP contribution in [0, 0.1) is 11.3 Å². The molecule has 1 N–H and O–H groups in total. The van der Waals surface area contributed by atoms with Gasteiger partial charge in [-0.15, -0.1) is 11.8 Å². The Morgan fingerprint density at radius 2 is 2.23 bits per heavy atom. The summed E-state index contributed by atoms with van der Waals surface area (Å²) in [6, 6.07) is 5.34. The van der Waals surface area contributed by atoms with Crippen molar-refractivity contribution in [2.75, 3.05) is 43.6 Å². The van der Waals surface area contributed by atoms with Crippen LogP contribution >= 0.6 is 11.8 Å². The van der Waals surface area contributed by atoms with Crippen molar-refractivity contribution < 1.29 is 23.9 Å². The number of hydrogen-bond donors (Lipinski definition) is 1. The highest BCUT2D eigenvalue weighted by molar-refractivity contribution is 8.00. The number of anilines is 2. The lowest BCUT2D eigenvalue weighted by Crippen LogP contribution is -2.40. The largest absolute Gasteiger partial charge is 0.380 e. The van der Waals surface area contributed by atoms with Crippen LogP contribution in [0.1, 0.15) is 46.4 Å². The minimum absolute atomic E-state index is 0.216. The molecule has 2 aromatic heterocycles. The number of methoxy groups -OCH3 is 1. The predicted octanol–water partition coefficient (Wildman–Crippen LogP) is 2.96. The van der Waals surface area contributed by atoms with Crippen molar-refractivity contribution >= 4 is 41.7 Å². The summed E-state index contributed by atoms with van der Waals surface area (Å²) in [5.41, 5.74) is 2.62. The third-order valence-electron chi connectivity index (χ3n) is 7.09. The molecule has 3 aliphatic heterocycles. The summed E-state index contributed by atoms with van der Waals surface area (Å²) in [4.78, 5) is 49.8. The number of pyridine rings is 2. The molecule has 0 spiro atoms. The molecule has 202 valence electrons. The van der Waals surface area contributed by atoms with E-state index in [1.807, 2.05) is 16.9 Å². The number of amides is 2. The smallest absolute Gasteiger partial charge is 0.328 e. The van der Waals surface area contributed by atoms with Gasteiger partial charge >= 0.3 is 6.03 Å². The molecule has 0 aliphatic carbocycles. The van der Waals surface area contributed by atoms with Crippen LogP contribution in [-0.2, 0) is 27.2 Å². The second-order valence-electron chi connectivity index (χ2n) is 9.52. The summed E-state index contributed by atoms with van der Waals surface area (Å²) in [6.07, 6.45) is 4.81. The van der Waals surface area contributed by atoms with Crippen molar-refractivity contribution in [1.82, 2.24) is 14.9 Å². The Balaban J connectivity index is 1.36. The lowest BCUT2D eigenvalue weighted by atomic mass is 10.0. The van der Waals surface area contributed by atoms with Crippen LogP contribution in [-0.4, -0.2) is 77.9 Å². The molecular formula is C27H28N6O5S.